The average molecular weight is 562 g/mol. The van der Waals surface area contributed by atoms with Crippen LogP contribution in [0, 0.1) is 0 Å². The van der Waals surface area contributed by atoms with E-state index < -0.39 is 28.5 Å². The number of methoxy groups -OCH3 is 3. The fraction of sp³-hybridized carbons (Fsp3) is 0.500. The second-order valence-electron chi connectivity index (χ2n) is 9.60. The Morgan fingerprint density at radius 2 is 1.69 bits per heavy atom. The molecule has 1 fully saturated rings. The number of nitrogens with zero attached hydrogens (tertiary/aromatic N) is 2. The van der Waals surface area contributed by atoms with Crippen LogP contribution >= 0.6 is 0 Å². The smallest absolute Gasteiger partial charge is 0.244 e. The van der Waals surface area contributed by atoms with Crippen LogP contribution in [0.5, 0.6) is 17.2 Å². The molecule has 39 heavy (non-hydrogen) atoms. The minimum atomic E-state index is -3.88. The van der Waals surface area contributed by atoms with E-state index in [1.54, 1.807) is 31.4 Å². The molecule has 1 aliphatic carbocycles. The van der Waals surface area contributed by atoms with E-state index in [1.165, 1.54) is 25.2 Å². The van der Waals surface area contributed by atoms with Gasteiger partial charge in [-0.1, -0.05) is 31.9 Å². The Hall–Kier alpha value is -3.47. The first-order chi connectivity index (χ1) is 18.6. The topological polar surface area (TPSA) is 114 Å². The lowest BCUT2D eigenvalue weighted by Crippen LogP contribution is -2.53. The van der Waals surface area contributed by atoms with Crippen LogP contribution < -0.4 is 23.8 Å². The summed E-state index contributed by atoms with van der Waals surface area (Å²) in [5.74, 6) is 0.623. The molecule has 2 amide bonds. The highest BCUT2D eigenvalue weighted by atomic mass is 32.2. The molecule has 0 aliphatic heterocycles. The van der Waals surface area contributed by atoms with Gasteiger partial charge in [-0.25, -0.2) is 8.42 Å². The molecule has 0 saturated heterocycles. The Balaban J connectivity index is 1.96. The van der Waals surface area contributed by atoms with Gasteiger partial charge in [0, 0.05) is 18.7 Å². The summed E-state index contributed by atoms with van der Waals surface area (Å²) >= 11 is 0. The third-order valence-corrected chi connectivity index (χ3v) is 8.05. The van der Waals surface area contributed by atoms with E-state index in [0.29, 0.717) is 23.7 Å². The molecule has 0 heterocycles. The molecule has 0 unspecified atom stereocenters. The van der Waals surface area contributed by atoms with Crippen LogP contribution in [-0.4, -0.2) is 71.3 Å². The van der Waals surface area contributed by atoms with Crippen molar-refractivity contribution in [2.24, 2.45) is 0 Å². The molecular weight excluding hydrogens is 522 g/mol. The number of carbonyl (C=O) groups excluding carboxylic acids is 2. The van der Waals surface area contributed by atoms with Crippen molar-refractivity contribution in [1.29, 1.82) is 0 Å². The van der Waals surface area contributed by atoms with Crippen LogP contribution in [0.1, 0.15) is 44.6 Å². The summed E-state index contributed by atoms with van der Waals surface area (Å²) in [7, 11) is 0.604. The van der Waals surface area contributed by atoms with E-state index in [1.807, 2.05) is 19.1 Å². The Labute approximate surface area is 231 Å². The number of anilines is 1. The van der Waals surface area contributed by atoms with Gasteiger partial charge in [0.2, 0.25) is 21.8 Å². The average Bonchev–Trinajstić information content (AvgIpc) is 3.43. The largest absolute Gasteiger partial charge is 0.497 e. The van der Waals surface area contributed by atoms with Crippen molar-refractivity contribution in [3.05, 3.63) is 48.0 Å². The SMILES string of the molecule is CC[C@H](C(=O)NC1CCCC1)N(Cc1cccc(OC)c1)C(=O)CN(c1ccc(OC)c(OC)c1)S(C)(=O)=O. The Kier molecular flexibility index (Phi) is 10.4. The maximum absolute atomic E-state index is 13.9. The van der Waals surface area contributed by atoms with E-state index in [9.17, 15) is 18.0 Å². The first-order valence-corrected chi connectivity index (χ1v) is 14.9. The van der Waals surface area contributed by atoms with E-state index in [2.05, 4.69) is 5.32 Å². The van der Waals surface area contributed by atoms with Gasteiger partial charge in [-0.15, -0.1) is 0 Å². The molecule has 0 bridgehead atoms. The molecule has 2 aromatic rings. The Morgan fingerprint density at radius 3 is 2.28 bits per heavy atom. The number of amides is 2. The third-order valence-electron chi connectivity index (χ3n) is 6.91. The molecule has 1 saturated carbocycles. The van der Waals surface area contributed by atoms with Gasteiger partial charge in [-0.2, -0.15) is 0 Å². The molecule has 10 nitrogen and oxygen atoms in total. The molecule has 1 atom stereocenters. The highest BCUT2D eigenvalue weighted by Gasteiger charge is 2.33. The molecule has 1 aliphatic rings. The van der Waals surface area contributed by atoms with Gasteiger partial charge in [-0.3, -0.25) is 13.9 Å². The quantitative estimate of drug-likeness (QED) is 0.399. The highest BCUT2D eigenvalue weighted by molar-refractivity contribution is 7.92. The van der Waals surface area contributed by atoms with Crippen molar-refractivity contribution in [3.8, 4) is 17.2 Å². The standard InChI is InChI=1S/C28H39N3O7S/c1-6-24(28(33)29-21-11-7-8-12-21)30(18-20-10-9-13-23(16-20)36-2)27(32)19-31(39(5,34)35)22-14-15-25(37-3)26(17-22)38-4/h9-10,13-17,21,24H,6-8,11-12,18-19H2,1-5H3,(H,29,33)/t24-/m1/s1. The van der Waals surface area contributed by atoms with Crippen molar-refractivity contribution < 1.29 is 32.2 Å². The van der Waals surface area contributed by atoms with E-state index in [-0.39, 0.29) is 24.2 Å². The van der Waals surface area contributed by atoms with Gasteiger partial charge in [0.05, 0.1) is 33.3 Å². The lowest BCUT2D eigenvalue weighted by atomic mass is 10.1. The fourth-order valence-corrected chi connectivity index (χ4v) is 5.69. The fourth-order valence-electron chi connectivity index (χ4n) is 4.85. The predicted molar refractivity (Wildman–Crippen MR) is 150 cm³/mol. The van der Waals surface area contributed by atoms with Crippen molar-refractivity contribution in [1.82, 2.24) is 10.2 Å². The van der Waals surface area contributed by atoms with Crippen LogP contribution in [-0.2, 0) is 26.2 Å². The number of hydrogen-bond donors (Lipinski definition) is 1. The van der Waals surface area contributed by atoms with Crippen molar-refractivity contribution >= 4 is 27.5 Å². The summed E-state index contributed by atoms with van der Waals surface area (Å²) in [6, 6.07) is 11.2. The van der Waals surface area contributed by atoms with Crippen LogP contribution in [0.15, 0.2) is 42.5 Å². The molecule has 0 aromatic heterocycles. The lowest BCUT2D eigenvalue weighted by molar-refractivity contribution is -0.140. The first kappa shape index (κ1) is 30.1. The highest BCUT2D eigenvalue weighted by Crippen LogP contribution is 2.32. The number of benzene rings is 2. The maximum atomic E-state index is 13.9. The molecule has 11 heteroatoms. The molecular formula is C28H39N3O7S. The number of sulfonamides is 1. The molecule has 214 valence electrons. The second kappa shape index (κ2) is 13.5. The van der Waals surface area contributed by atoms with Gasteiger partial charge < -0.3 is 24.4 Å². The van der Waals surface area contributed by atoms with Gasteiger partial charge in [0.25, 0.3) is 0 Å². The predicted octanol–water partition coefficient (Wildman–Crippen LogP) is 3.34. The number of ether oxygens (including phenoxy) is 3. The number of nitrogens with one attached hydrogen (secondary N) is 1. The van der Waals surface area contributed by atoms with Crippen molar-refractivity contribution in [2.75, 3.05) is 38.4 Å². The minimum absolute atomic E-state index is 0.0830. The van der Waals surface area contributed by atoms with E-state index >= 15 is 0 Å². The number of hydrogen-bond acceptors (Lipinski definition) is 7. The molecule has 3 rings (SSSR count). The van der Waals surface area contributed by atoms with Gasteiger partial charge in [0.15, 0.2) is 11.5 Å². The summed E-state index contributed by atoms with van der Waals surface area (Å²) in [6.45, 7) is 1.45. The molecule has 1 N–H and O–H groups in total. The Morgan fingerprint density at radius 1 is 1.00 bits per heavy atom. The zero-order valence-corrected chi connectivity index (χ0v) is 24.1. The summed E-state index contributed by atoms with van der Waals surface area (Å²) < 4.78 is 42.7. The minimum Gasteiger partial charge on any atom is -0.497 e. The molecule has 0 radical (unpaired) electrons. The van der Waals surface area contributed by atoms with Crippen LogP contribution in [0.25, 0.3) is 0 Å². The zero-order valence-electron chi connectivity index (χ0n) is 23.3. The van der Waals surface area contributed by atoms with Gasteiger partial charge >= 0.3 is 0 Å². The van der Waals surface area contributed by atoms with E-state index in [4.69, 9.17) is 14.2 Å². The van der Waals surface area contributed by atoms with Crippen molar-refractivity contribution in [2.45, 2.75) is 57.7 Å². The molecule has 0 spiro atoms. The van der Waals surface area contributed by atoms with Crippen LogP contribution in [0.3, 0.4) is 0 Å². The lowest BCUT2D eigenvalue weighted by Gasteiger charge is -2.33. The van der Waals surface area contributed by atoms with Crippen molar-refractivity contribution in [3.63, 3.8) is 0 Å². The van der Waals surface area contributed by atoms with Gasteiger partial charge in [-0.05, 0) is 49.1 Å². The summed E-state index contributed by atoms with van der Waals surface area (Å²) in [5, 5.41) is 3.10. The van der Waals surface area contributed by atoms with E-state index in [0.717, 1.165) is 41.8 Å². The summed E-state index contributed by atoms with van der Waals surface area (Å²) in [4.78, 5) is 28.8. The Bertz CT molecular complexity index is 1250. The van der Waals surface area contributed by atoms with Crippen LogP contribution in [0.4, 0.5) is 5.69 Å². The molecule has 2 aromatic carbocycles. The zero-order chi connectivity index (χ0) is 28.6. The maximum Gasteiger partial charge on any atom is 0.244 e. The number of rotatable bonds is 13. The monoisotopic (exact) mass is 561 g/mol. The number of carbonyl (C=O) groups is 2. The van der Waals surface area contributed by atoms with Crippen LogP contribution in [0.2, 0.25) is 0 Å². The third kappa shape index (κ3) is 7.78. The summed E-state index contributed by atoms with van der Waals surface area (Å²) in [5.41, 5.74) is 1.00. The first-order valence-electron chi connectivity index (χ1n) is 13.0. The normalized spacial score (nSPS) is 14.4. The van der Waals surface area contributed by atoms with Gasteiger partial charge in [0.1, 0.15) is 18.3 Å². The summed E-state index contributed by atoms with van der Waals surface area (Å²) in [6.07, 6.45) is 5.34. The second-order valence-corrected chi connectivity index (χ2v) is 11.5.